The third kappa shape index (κ3) is 1.69. The van der Waals surface area contributed by atoms with E-state index in [0.717, 1.165) is 34.8 Å². The summed E-state index contributed by atoms with van der Waals surface area (Å²) in [6.45, 7) is 2.74. The van der Waals surface area contributed by atoms with Crippen molar-refractivity contribution >= 4 is 28.6 Å². The number of hydrogen-bond acceptors (Lipinski definition) is 3. The van der Waals surface area contributed by atoms with Crippen LogP contribution in [0.15, 0.2) is 29.6 Å². The van der Waals surface area contributed by atoms with Crippen LogP contribution in [0.25, 0.3) is 0 Å². The van der Waals surface area contributed by atoms with Crippen molar-refractivity contribution in [1.82, 2.24) is 0 Å². The highest BCUT2D eigenvalue weighted by molar-refractivity contribution is 7.12. The summed E-state index contributed by atoms with van der Waals surface area (Å²) in [5.74, 6) is 0.0759. The molecule has 92 valence electrons. The molecule has 1 amide bonds. The van der Waals surface area contributed by atoms with Gasteiger partial charge in [0.2, 0.25) is 0 Å². The predicted molar refractivity (Wildman–Crippen MR) is 75.3 cm³/mol. The number of carbonyl (C=O) groups is 1. The molecule has 1 aliphatic heterocycles. The number of aryl methyl sites for hydroxylation is 1. The molecule has 0 saturated heterocycles. The molecule has 1 aromatic carbocycles. The molecule has 2 N–H and O–H groups in total. The van der Waals surface area contributed by atoms with Crippen LogP contribution in [0.5, 0.6) is 0 Å². The Hall–Kier alpha value is -1.81. The number of nitrogens with two attached hydrogens (primary N) is 1. The van der Waals surface area contributed by atoms with Gasteiger partial charge in [0, 0.05) is 17.9 Å². The molecule has 0 radical (unpaired) electrons. The predicted octanol–water partition coefficient (Wildman–Crippen LogP) is 2.84. The zero-order valence-corrected chi connectivity index (χ0v) is 11.0. The van der Waals surface area contributed by atoms with Gasteiger partial charge in [0.25, 0.3) is 5.91 Å². The minimum absolute atomic E-state index is 0.0759. The van der Waals surface area contributed by atoms with Crippen LogP contribution in [0, 0.1) is 6.92 Å². The second-order valence-electron chi connectivity index (χ2n) is 4.52. The van der Waals surface area contributed by atoms with Gasteiger partial charge >= 0.3 is 0 Å². The lowest BCUT2D eigenvalue weighted by Gasteiger charge is -2.17. The Balaban J connectivity index is 2.00. The number of fused-ring (bicyclic) bond motifs is 1. The topological polar surface area (TPSA) is 46.3 Å². The highest BCUT2D eigenvalue weighted by Crippen LogP contribution is 2.33. The fourth-order valence-electron chi connectivity index (χ4n) is 2.32. The Bertz CT molecular complexity index is 605. The van der Waals surface area contributed by atoms with Crippen molar-refractivity contribution in [2.75, 3.05) is 17.2 Å². The van der Waals surface area contributed by atoms with E-state index >= 15 is 0 Å². The van der Waals surface area contributed by atoms with Crippen LogP contribution in [-0.4, -0.2) is 12.5 Å². The number of anilines is 2. The van der Waals surface area contributed by atoms with Gasteiger partial charge in [-0.05, 0) is 42.0 Å². The number of benzene rings is 1. The Morgan fingerprint density at radius 1 is 1.44 bits per heavy atom. The number of hydrogen-bond donors (Lipinski definition) is 1. The van der Waals surface area contributed by atoms with Gasteiger partial charge < -0.3 is 10.6 Å². The zero-order valence-electron chi connectivity index (χ0n) is 10.1. The molecule has 0 unspecified atom stereocenters. The Labute approximate surface area is 110 Å². The van der Waals surface area contributed by atoms with Crippen molar-refractivity contribution in [2.24, 2.45) is 0 Å². The fourth-order valence-corrected chi connectivity index (χ4v) is 2.99. The lowest BCUT2D eigenvalue weighted by Crippen LogP contribution is -2.28. The van der Waals surface area contributed by atoms with Crippen LogP contribution in [0.2, 0.25) is 0 Å². The van der Waals surface area contributed by atoms with E-state index < -0.39 is 0 Å². The van der Waals surface area contributed by atoms with Crippen molar-refractivity contribution in [2.45, 2.75) is 13.3 Å². The summed E-state index contributed by atoms with van der Waals surface area (Å²) < 4.78 is 0. The maximum absolute atomic E-state index is 12.4. The summed E-state index contributed by atoms with van der Waals surface area (Å²) in [5.41, 5.74) is 9.95. The molecule has 1 aliphatic rings. The van der Waals surface area contributed by atoms with E-state index in [-0.39, 0.29) is 5.91 Å². The third-order valence-corrected chi connectivity index (χ3v) is 4.20. The first-order chi connectivity index (χ1) is 8.66. The number of carbonyl (C=O) groups excluding carboxylic acids is 1. The first kappa shape index (κ1) is 11.3. The lowest BCUT2D eigenvalue weighted by atomic mass is 10.1. The first-order valence-corrected chi connectivity index (χ1v) is 6.79. The smallest absolute Gasteiger partial charge is 0.268 e. The van der Waals surface area contributed by atoms with Gasteiger partial charge in [0.05, 0.1) is 4.88 Å². The molecular formula is C14H14N2OS. The molecule has 18 heavy (non-hydrogen) atoms. The van der Waals surface area contributed by atoms with E-state index in [4.69, 9.17) is 5.73 Å². The molecule has 2 heterocycles. The average molecular weight is 258 g/mol. The molecule has 3 rings (SSSR count). The normalized spacial score (nSPS) is 13.7. The minimum atomic E-state index is 0.0759. The van der Waals surface area contributed by atoms with Crippen molar-refractivity contribution in [1.29, 1.82) is 0 Å². The van der Waals surface area contributed by atoms with Gasteiger partial charge in [-0.25, -0.2) is 0 Å². The van der Waals surface area contributed by atoms with E-state index in [0.29, 0.717) is 0 Å². The van der Waals surface area contributed by atoms with Crippen molar-refractivity contribution in [3.05, 3.63) is 45.6 Å². The molecule has 0 bridgehead atoms. The third-order valence-electron chi connectivity index (χ3n) is 3.34. The molecule has 0 fully saturated rings. The molecule has 3 nitrogen and oxygen atoms in total. The second-order valence-corrected chi connectivity index (χ2v) is 5.47. The van der Waals surface area contributed by atoms with E-state index in [1.807, 2.05) is 35.4 Å². The van der Waals surface area contributed by atoms with Gasteiger partial charge in [-0.2, -0.15) is 0 Å². The molecule has 0 atom stereocenters. The molecule has 2 aromatic rings. The van der Waals surface area contributed by atoms with Crippen LogP contribution in [-0.2, 0) is 6.42 Å². The number of rotatable bonds is 1. The monoisotopic (exact) mass is 258 g/mol. The van der Waals surface area contributed by atoms with Gasteiger partial charge in [-0.1, -0.05) is 12.1 Å². The molecular weight excluding hydrogens is 244 g/mol. The highest BCUT2D eigenvalue weighted by atomic mass is 32.1. The van der Waals surface area contributed by atoms with Gasteiger partial charge in [-0.3, -0.25) is 4.79 Å². The summed E-state index contributed by atoms with van der Waals surface area (Å²) in [4.78, 5) is 15.0. The number of thiophene rings is 1. The fraction of sp³-hybridized carbons (Fsp3) is 0.214. The highest BCUT2D eigenvalue weighted by Gasteiger charge is 2.26. The van der Waals surface area contributed by atoms with Crippen molar-refractivity contribution in [3.8, 4) is 0 Å². The number of amides is 1. The maximum atomic E-state index is 12.4. The standard InChI is InChI=1S/C14H14N2OS/c1-9-7-10-4-5-16(12(10)8-11(9)15)14(17)13-3-2-6-18-13/h2-3,6-8H,4-5,15H2,1H3. The molecule has 1 aromatic heterocycles. The minimum Gasteiger partial charge on any atom is -0.398 e. The SMILES string of the molecule is Cc1cc2c(cc1N)N(C(=O)c1cccs1)CC2. The van der Waals surface area contributed by atoms with E-state index in [1.165, 1.54) is 16.9 Å². The van der Waals surface area contributed by atoms with Gasteiger partial charge in [0.1, 0.15) is 0 Å². The van der Waals surface area contributed by atoms with Crippen LogP contribution >= 0.6 is 11.3 Å². The molecule has 0 aliphatic carbocycles. The summed E-state index contributed by atoms with van der Waals surface area (Å²) in [5, 5.41) is 1.92. The molecule has 4 heteroatoms. The summed E-state index contributed by atoms with van der Waals surface area (Å²) >= 11 is 1.48. The summed E-state index contributed by atoms with van der Waals surface area (Å²) in [6, 6.07) is 7.77. The van der Waals surface area contributed by atoms with Gasteiger partial charge in [-0.15, -0.1) is 11.3 Å². The van der Waals surface area contributed by atoms with E-state index in [9.17, 15) is 4.79 Å². The van der Waals surface area contributed by atoms with Crippen molar-refractivity contribution in [3.63, 3.8) is 0 Å². The quantitative estimate of drug-likeness (QED) is 0.799. The second kappa shape index (κ2) is 4.14. The molecule has 0 spiro atoms. The van der Waals surface area contributed by atoms with Crippen molar-refractivity contribution < 1.29 is 4.79 Å². The van der Waals surface area contributed by atoms with Crippen LogP contribution < -0.4 is 10.6 Å². The molecule has 0 saturated carbocycles. The first-order valence-electron chi connectivity index (χ1n) is 5.91. The van der Waals surface area contributed by atoms with Crippen LogP contribution in [0.1, 0.15) is 20.8 Å². The van der Waals surface area contributed by atoms with E-state index in [2.05, 4.69) is 6.07 Å². The zero-order chi connectivity index (χ0) is 12.7. The largest absolute Gasteiger partial charge is 0.398 e. The Morgan fingerprint density at radius 3 is 3.00 bits per heavy atom. The van der Waals surface area contributed by atoms with Crippen LogP contribution in [0.4, 0.5) is 11.4 Å². The lowest BCUT2D eigenvalue weighted by molar-refractivity contribution is 0.0993. The Kier molecular flexibility index (Phi) is 2.59. The number of nitrogens with zero attached hydrogens (tertiary/aromatic N) is 1. The van der Waals surface area contributed by atoms with E-state index in [1.54, 1.807) is 0 Å². The van der Waals surface area contributed by atoms with Gasteiger partial charge in [0.15, 0.2) is 0 Å². The summed E-state index contributed by atoms with van der Waals surface area (Å²) in [7, 11) is 0. The number of nitrogen functional groups attached to an aromatic ring is 1. The Morgan fingerprint density at radius 2 is 2.28 bits per heavy atom. The summed E-state index contributed by atoms with van der Waals surface area (Å²) in [6.07, 6.45) is 0.910. The maximum Gasteiger partial charge on any atom is 0.268 e. The average Bonchev–Trinajstić information content (AvgIpc) is 2.98. The van der Waals surface area contributed by atoms with Crippen LogP contribution in [0.3, 0.4) is 0 Å².